The summed E-state index contributed by atoms with van der Waals surface area (Å²) in [5.41, 5.74) is -1.06. The molecule has 9 heteroatoms. The van der Waals surface area contributed by atoms with E-state index in [1.165, 1.54) is 19.3 Å². The van der Waals surface area contributed by atoms with Crippen molar-refractivity contribution in [3.63, 3.8) is 0 Å². The number of hydrogen-bond acceptors (Lipinski definition) is 5. The van der Waals surface area contributed by atoms with E-state index in [1.54, 1.807) is 0 Å². The van der Waals surface area contributed by atoms with Gasteiger partial charge in [0, 0.05) is 13.2 Å². The van der Waals surface area contributed by atoms with E-state index in [0.717, 1.165) is 4.57 Å². The highest BCUT2D eigenvalue weighted by atomic mass is 35.5. The Morgan fingerprint density at radius 2 is 2.14 bits per heavy atom. The maximum Gasteiger partial charge on any atom is 0.322 e. The second kappa shape index (κ2) is 5.41. The lowest BCUT2D eigenvalue weighted by molar-refractivity contribution is -0.135. The van der Waals surface area contributed by atoms with E-state index in [4.69, 9.17) is 16.7 Å². The average molecular weight is 312 g/mol. The van der Waals surface area contributed by atoms with Crippen LogP contribution in [0, 0.1) is 0 Å². The molecule has 2 heterocycles. The van der Waals surface area contributed by atoms with Gasteiger partial charge in [0.2, 0.25) is 0 Å². The van der Waals surface area contributed by atoms with Crippen LogP contribution in [0.15, 0.2) is 17.1 Å². The van der Waals surface area contributed by atoms with E-state index < -0.39 is 35.3 Å². The normalized spacial score (nSPS) is 10.6. The van der Waals surface area contributed by atoms with Gasteiger partial charge in [-0.15, -0.1) is 0 Å². The zero-order valence-corrected chi connectivity index (χ0v) is 11.5. The molecule has 1 amide bonds. The van der Waals surface area contributed by atoms with Gasteiger partial charge in [-0.05, 0) is 6.07 Å². The van der Waals surface area contributed by atoms with Gasteiger partial charge < -0.3 is 20.1 Å². The zero-order valence-electron chi connectivity index (χ0n) is 10.8. The predicted octanol–water partition coefficient (Wildman–Crippen LogP) is 0.107. The number of nitrogens with zero attached hydrogens (tertiary/aromatic N) is 2. The molecule has 0 aliphatic rings. The number of aliphatic carboxylic acids is 1. The summed E-state index contributed by atoms with van der Waals surface area (Å²) in [6.45, 7) is -0.680. The van der Waals surface area contributed by atoms with Crippen molar-refractivity contribution in [3.8, 4) is 5.75 Å². The Morgan fingerprint density at radius 3 is 2.76 bits per heavy atom. The number of aromatic nitrogens is 2. The van der Waals surface area contributed by atoms with E-state index in [0.29, 0.717) is 5.52 Å². The second-order valence-electron chi connectivity index (χ2n) is 4.16. The quantitative estimate of drug-likeness (QED) is 0.691. The van der Waals surface area contributed by atoms with Crippen LogP contribution >= 0.6 is 11.6 Å². The molecule has 0 saturated carbocycles. The minimum atomic E-state index is -1.28. The van der Waals surface area contributed by atoms with E-state index in [-0.39, 0.29) is 10.5 Å². The number of halogens is 1. The van der Waals surface area contributed by atoms with Crippen molar-refractivity contribution in [2.45, 2.75) is 0 Å². The maximum atomic E-state index is 12.1. The SMILES string of the molecule is Cn1c(=O)c(C(=O)NCC(=O)O)c(O)c2c(Cl)nccc21. The molecule has 0 atom stereocenters. The molecule has 3 N–H and O–H groups in total. The first-order valence-corrected chi connectivity index (χ1v) is 6.08. The molecule has 0 spiro atoms. The smallest absolute Gasteiger partial charge is 0.322 e. The molecule has 2 aromatic rings. The molecule has 8 nitrogen and oxygen atoms in total. The summed E-state index contributed by atoms with van der Waals surface area (Å²) in [5, 5.41) is 20.6. The largest absolute Gasteiger partial charge is 0.506 e. The molecule has 0 bridgehead atoms. The molecule has 2 rings (SSSR count). The summed E-state index contributed by atoms with van der Waals surface area (Å²) in [7, 11) is 1.40. The number of carboxylic acid groups (broad SMARTS) is 1. The Morgan fingerprint density at radius 1 is 1.48 bits per heavy atom. The number of carboxylic acids is 1. The van der Waals surface area contributed by atoms with Gasteiger partial charge in [-0.2, -0.15) is 0 Å². The van der Waals surface area contributed by atoms with Crippen LogP contribution in [0.2, 0.25) is 5.15 Å². The predicted molar refractivity (Wildman–Crippen MR) is 73.6 cm³/mol. The van der Waals surface area contributed by atoms with Gasteiger partial charge in [-0.25, -0.2) is 4.98 Å². The fourth-order valence-electron chi connectivity index (χ4n) is 1.88. The first-order valence-electron chi connectivity index (χ1n) is 5.70. The molecular formula is C12H10ClN3O5. The van der Waals surface area contributed by atoms with Crippen molar-refractivity contribution in [3.05, 3.63) is 33.3 Å². The summed E-state index contributed by atoms with van der Waals surface area (Å²) < 4.78 is 1.12. The summed E-state index contributed by atoms with van der Waals surface area (Å²) in [6.07, 6.45) is 1.35. The molecule has 21 heavy (non-hydrogen) atoms. The lowest BCUT2D eigenvalue weighted by Gasteiger charge is -2.11. The van der Waals surface area contributed by atoms with Gasteiger partial charge in [0.05, 0.1) is 10.9 Å². The fourth-order valence-corrected chi connectivity index (χ4v) is 2.12. The lowest BCUT2D eigenvalue weighted by atomic mass is 10.1. The fraction of sp³-hybridized carbons (Fsp3) is 0.167. The van der Waals surface area contributed by atoms with Crippen LogP contribution in [0.4, 0.5) is 0 Å². The Hall–Kier alpha value is -2.61. The van der Waals surface area contributed by atoms with E-state index in [9.17, 15) is 19.5 Å². The number of carbonyl (C=O) groups is 2. The molecule has 0 saturated heterocycles. The van der Waals surface area contributed by atoms with E-state index in [1.807, 2.05) is 5.32 Å². The number of rotatable bonds is 3. The first-order chi connectivity index (χ1) is 9.84. The monoisotopic (exact) mass is 311 g/mol. The molecule has 110 valence electrons. The van der Waals surface area contributed by atoms with Crippen LogP contribution in [-0.2, 0) is 11.8 Å². The van der Waals surface area contributed by atoms with Crippen molar-refractivity contribution < 1.29 is 19.8 Å². The van der Waals surface area contributed by atoms with Crippen molar-refractivity contribution in [2.24, 2.45) is 7.05 Å². The molecule has 0 aliphatic heterocycles. The van der Waals surface area contributed by atoms with Crippen molar-refractivity contribution in [2.75, 3.05) is 6.54 Å². The highest BCUT2D eigenvalue weighted by Crippen LogP contribution is 2.30. The zero-order chi connectivity index (χ0) is 15.7. The van der Waals surface area contributed by atoms with Crippen LogP contribution in [-0.4, -0.2) is 38.2 Å². The first kappa shape index (κ1) is 14.8. The minimum Gasteiger partial charge on any atom is -0.506 e. The summed E-state index contributed by atoms with van der Waals surface area (Å²) >= 11 is 5.88. The van der Waals surface area contributed by atoms with Gasteiger partial charge in [-0.3, -0.25) is 14.4 Å². The summed E-state index contributed by atoms with van der Waals surface area (Å²) in [6, 6.07) is 1.46. The third-order valence-corrected chi connectivity index (χ3v) is 3.15. The molecule has 0 aromatic carbocycles. The molecule has 0 fully saturated rings. The van der Waals surface area contributed by atoms with Crippen molar-refractivity contribution in [1.82, 2.24) is 14.9 Å². The average Bonchev–Trinajstić information content (AvgIpc) is 2.42. The lowest BCUT2D eigenvalue weighted by Crippen LogP contribution is -2.35. The van der Waals surface area contributed by atoms with Crippen LogP contribution in [0.5, 0.6) is 5.75 Å². The third kappa shape index (κ3) is 2.52. The third-order valence-electron chi connectivity index (χ3n) is 2.86. The van der Waals surface area contributed by atoms with Gasteiger partial charge in [0.25, 0.3) is 11.5 Å². The number of hydrogen-bond donors (Lipinski definition) is 3. The number of aromatic hydroxyl groups is 1. The number of aryl methyl sites for hydroxylation is 1. The van der Waals surface area contributed by atoms with Gasteiger partial charge in [0.1, 0.15) is 23.0 Å². The Kier molecular flexibility index (Phi) is 3.81. The van der Waals surface area contributed by atoms with Crippen LogP contribution < -0.4 is 10.9 Å². The number of fused-ring (bicyclic) bond motifs is 1. The molecule has 0 radical (unpaired) electrons. The summed E-state index contributed by atoms with van der Waals surface area (Å²) in [5.74, 6) is -2.91. The maximum absolute atomic E-state index is 12.1. The molecule has 2 aromatic heterocycles. The highest BCUT2D eigenvalue weighted by molar-refractivity contribution is 6.34. The van der Waals surface area contributed by atoms with Gasteiger partial charge >= 0.3 is 5.97 Å². The Bertz CT molecular complexity index is 815. The second-order valence-corrected chi connectivity index (χ2v) is 4.52. The topological polar surface area (TPSA) is 122 Å². The number of pyridine rings is 2. The summed E-state index contributed by atoms with van der Waals surface area (Å²) in [4.78, 5) is 38.2. The van der Waals surface area contributed by atoms with Crippen LogP contribution in [0.3, 0.4) is 0 Å². The van der Waals surface area contributed by atoms with E-state index >= 15 is 0 Å². The Labute approximate surface area is 122 Å². The minimum absolute atomic E-state index is 0.0433. The number of nitrogens with one attached hydrogen (secondary N) is 1. The Balaban J connectivity index is 2.70. The van der Waals surface area contributed by atoms with Crippen molar-refractivity contribution in [1.29, 1.82) is 0 Å². The molecule has 0 aliphatic carbocycles. The molecule has 0 unspecified atom stereocenters. The standard InChI is InChI=1S/C12H10ClN3O5/c1-16-5-2-3-14-10(13)7(5)9(19)8(12(16)21)11(20)15-4-6(17)18/h2-3,19H,4H2,1H3,(H,15,20)(H,17,18). The number of carbonyl (C=O) groups excluding carboxylic acids is 1. The molecular weight excluding hydrogens is 302 g/mol. The van der Waals surface area contributed by atoms with Crippen LogP contribution in [0.25, 0.3) is 10.9 Å². The number of amides is 1. The van der Waals surface area contributed by atoms with E-state index in [2.05, 4.69) is 4.98 Å². The van der Waals surface area contributed by atoms with Crippen molar-refractivity contribution >= 4 is 34.4 Å². The van der Waals surface area contributed by atoms with Gasteiger partial charge in [-0.1, -0.05) is 11.6 Å². The highest BCUT2D eigenvalue weighted by Gasteiger charge is 2.23. The van der Waals surface area contributed by atoms with Crippen LogP contribution in [0.1, 0.15) is 10.4 Å². The van der Waals surface area contributed by atoms with Gasteiger partial charge in [0.15, 0.2) is 0 Å².